The van der Waals surface area contributed by atoms with Gasteiger partial charge in [-0.1, -0.05) is 19.1 Å². The van der Waals surface area contributed by atoms with E-state index in [1.54, 1.807) is 6.07 Å². The Kier molecular flexibility index (Phi) is 6.77. The van der Waals surface area contributed by atoms with Crippen molar-refractivity contribution in [1.82, 2.24) is 10.2 Å². The van der Waals surface area contributed by atoms with Crippen LogP contribution in [0.3, 0.4) is 0 Å². The molecule has 2 rings (SSSR count). The molecular formula is C14H20ClF3N2O. The number of benzene rings is 1. The predicted molar refractivity (Wildman–Crippen MR) is 77.8 cm³/mol. The lowest BCUT2D eigenvalue weighted by Gasteiger charge is -2.34. The van der Waals surface area contributed by atoms with Crippen LogP contribution in [0.2, 0.25) is 0 Å². The maximum absolute atomic E-state index is 12.3. The van der Waals surface area contributed by atoms with E-state index in [0.717, 1.165) is 38.2 Å². The van der Waals surface area contributed by atoms with Crippen LogP contribution < -0.4 is 10.1 Å². The average Bonchev–Trinajstić information content (AvgIpc) is 2.39. The topological polar surface area (TPSA) is 24.5 Å². The molecule has 7 heteroatoms. The van der Waals surface area contributed by atoms with Crippen LogP contribution in [0, 0.1) is 0 Å². The second-order valence-electron chi connectivity index (χ2n) is 4.83. The van der Waals surface area contributed by atoms with Gasteiger partial charge < -0.3 is 10.1 Å². The van der Waals surface area contributed by atoms with Crippen molar-refractivity contribution in [1.29, 1.82) is 0 Å². The molecule has 3 nitrogen and oxygen atoms in total. The van der Waals surface area contributed by atoms with Crippen LogP contribution in [0.15, 0.2) is 24.3 Å². The van der Waals surface area contributed by atoms with Gasteiger partial charge in [-0.2, -0.15) is 0 Å². The highest BCUT2D eigenvalue weighted by Crippen LogP contribution is 2.29. The van der Waals surface area contributed by atoms with Crippen molar-refractivity contribution in [3.8, 4) is 5.75 Å². The summed E-state index contributed by atoms with van der Waals surface area (Å²) in [5.41, 5.74) is 0.871. The van der Waals surface area contributed by atoms with E-state index in [2.05, 4.69) is 15.0 Å². The van der Waals surface area contributed by atoms with Crippen molar-refractivity contribution < 1.29 is 17.9 Å². The van der Waals surface area contributed by atoms with Crippen LogP contribution in [-0.4, -0.2) is 37.4 Å². The number of ether oxygens (including phenoxy) is 1. The maximum Gasteiger partial charge on any atom is 0.573 e. The number of hydrogen-bond donors (Lipinski definition) is 1. The van der Waals surface area contributed by atoms with Crippen molar-refractivity contribution in [3.63, 3.8) is 0 Å². The van der Waals surface area contributed by atoms with Crippen molar-refractivity contribution in [2.24, 2.45) is 0 Å². The van der Waals surface area contributed by atoms with Crippen molar-refractivity contribution in [3.05, 3.63) is 29.8 Å². The normalized spacial score (nSPS) is 17.9. The zero-order valence-corrected chi connectivity index (χ0v) is 12.6. The number of piperazine rings is 1. The summed E-state index contributed by atoms with van der Waals surface area (Å²) in [4.78, 5) is 2.29. The molecule has 0 amide bonds. The summed E-state index contributed by atoms with van der Waals surface area (Å²) in [6, 6.07) is 6.43. The molecule has 0 spiro atoms. The Balaban J connectivity index is 0.00000220. The minimum absolute atomic E-state index is 0. The van der Waals surface area contributed by atoms with Crippen molar-refractivity contribution in [2.45, 2.75) is 25.7 Å². The third kappa shape index (κ3) is 5.37. The van der Waals surface area contributed by atoms with Gasteiger partial charge in [-0.15, -0.1) is 25.6 Å². The largest absolute Gasteiger partial charge is 0.573 e. The molecule has 0 bridgehead atoms. The standard InChI is InChI=1S/C14H19F3N2O.ClH/c1-2-13(19-8-6-18-7-9-19)11-4-3-5-12(10-11)20-14(15,16)17;/h3-5,10,13,18H,2,6-9H2,1H3;1H/t13-;/m0./s1. The van der Waals surface area contributed by atoms with E-state index in [9.17, 15) is 13.2 Å². The molecule has 1 aliphatic heterocycles. The summed E-state index contributed by atoms with van der Waals surface area (Å²) >= 11 is 0. The highest BCUT2D eigenvalue weighted by molar-refractivity contribution is 5.85. The van der Waals surface area contributed by atoms with E-state index in [0.29, 0.717) is 0 Å². The Hall–Kier alpha value is -0.980. The molecule has 0 radical (unpaired) electrons. The van der Waals surface area contributed by atoms with E-state index in [-0.39, 0.29) is 24.2 Å². The second kappa shape index (κ2) is 7.87. The number of halogens is 4. The number of rotatable bonds is 4. The highest BCUT2D eigenvalue weighted by Gasteiger charge is 2.31. The molecule has 1 fully saturated rings. The number of hydrogen-bond acceptors (Lipinski definition) is 3. The molecule has 1 N–H and O–H groups in total. The lowest BCUT2D eigenvalue weighted by molar-refractivity contribution is -0.274. The van der Waals surface area contributed by atoms with Gasteiger partial charge in [0.25, 0.3) is 0 Å². The van der Waals surface area contributed by atoms with E-state index >= 15 is 0 Å². The van der Waals surface area contributed by atoms with Gasteiger partial charge in [0.1, 0.15) is 5.75 Å². The fourth-order valence-electron chi connectivity index (χ4n) is 2.62. The van der Waals surface area contributed by atoms with E-state index < -0.39 is 6.36 Å². The molecule has 21 heavy (non-hydrogen) atoms. The predicted octanol–water partition coefficient (Wildman–Crippen LogP) is 3.36. The van der Waals surface area contributed by atoms with Gasteiger partial charge in [0.2, 0.25) is 0 Å². The SMILES string of the molecule is CC[C@@H](c1cccc(OC(F)(F)F)c1)N1CCNCC1.Cl. The first-order valence-electron chi connectivity index (χ1n) is 6.80. The highest BCUT2D eigenvalue weighted by atomic mass is 35.5. The Bertz CT molecular complexity index is 436. The molecule has 1 aliphatic rings. The van der Waals surface area contributed by atoms with Gasteiger partial charge in [-0.05, 0) is 24.1 Å². The molecule has 0 aromatic heterocycles. The molecule has 0 aliphatic carbocycles. The Morgan fingerprint density at radius 1 is 1.29 bits per heavy atom. The number of nitrogens with zero attached hydrogens (tertiary/aromatic N) is 1. The van der Waals surface area contributed by atoms with E-state index in [1.165, 1.54) is 12.1 Å². The van der Waals surface area contributed by atoms with E-state index in [1.807, 2.05) is 13.0 Å². The van der Waals surface area contributed by atoms with Crippen LogP contribution in [0.25, 0.3) is 0 Å². The maximum atomic E-state index is 12.3. The fraction of sp³-hybridized carbons (Fsp3) is 0.571. The summed E-state index contributed by atoms with van der Waals surface area (Å²) in [5.74, 6) is -0.149. The van der Waals surface area contributed by atoms with Crippen LogP contribution in [0.4, 0.5) is 13.2 Å². The van der Waals surface area contributed by atoms with Crippen molar-refractivity contribution >= 4 is 12.4 Å². The fourth-order valence-corrected chi connectivity index (χ4v) is 2.62. The monoisotopic (exact) mass is 324 g/mol. The summed E-state index contributed by atoms with van der Waals surface area (Å²) < 4.78 is 40.8. The zero-order valence-electron chi connectivity index (χ0n) is 11.8. The molecular weight excluding hydrogens is 305 g/mol. The first-order valence-corrected chi connectivity index (χ1v) is 6.80. The van der Waals surface area contributed by atoms with Gasteiger partial charge >= 0.3 is 6.36 Å². The third-order valence-electron chi connectivity index (χ3n) is 3.46. The van der Waals surface area contributed by atoms with Crippen LogP contribution in [-0.2, 0) is 0 Å². The minimum Gasteiger partial charge on any atom is -0.406 e. The summed E-state index contributed by atoms with van der Waals surface area (Å²) in [5, 5.41) is 3.27. The Labute approximate surface area is 128 Å². The van der Waals surface area contributed by atoms with Gasteiger partial charge in [0, 0.05) is 32.2 Å². The first-order chi connectivity index (χ1) is 9.49. The molecule has 120 valence electrons. The quantitative estimate of drug-likeness (QED) is 0.919. The van der Waals surface area contributed by atoms with Crippen LogP contribution in [0.5, 0.6) is 5.75 Å². The smallest absolute Gasteiger partial charge is 0.406 e. The average molecular weight is 325 g/mol. The Morgan fingerprint density at radius 2 is 1.95 bits per heavy atom. The van der Waals surface area contributed by atoms with Gasteiger partial charge in [-0.3, -0.25) is 4.90 Å². The number of alkyl halides is 3. The first kappa shape index (κ1) is 18.1. The van der Waals surface area contributed by atoms with E-state index in [4.69, 9.17) is 0 Å². The summed E-state index contributed by atoms with van der Waals surface area (Å²) in [6.45, 7) is 5.68. The minimum atomic E-state index is -4.64. The third-order valence-corrected chi connectivity index (χ3v) is 3.46. The molecule has 0 saturated carbocycles. The number of nitrogens with one attached hydrogen (secondary N) is 1. The van der Waals surface area contributed by atoms with Gasteiger partial charge in [0.15, 0.2) is 0 Å². The molecule has 1 heterocycles. The van der Waals surface area contributed by atoms with Crippen LogP contribution >= 0.6 is 12.4 Å². The van der Waals surface area contributed by atoms with Crippen molar-refractivity contribution in [2.75, 3.05) is 26.2 Å². The molecule has 1 saturated heterocycles. The molecule has 1 aromatic carbocycles. The van der Waals surface area contributed by atoms with Crippen LogP contribution in [0.1, 0.15) is 24.9 Å². The Morgan fingerprint density at radius 3 is 2.52 bits per heavy atom. The lowest BCUT2D eigenvalue weighted by Crippen LogP contribution is -2.45. The summed E-state index contributed by atoms with van der Waals surface area (Å²) in [6.07, 6.45) is -3.79. The van der Waals surface area contributed by atoms with Gasteiger partial charge in [0.05, 0.1) is 0 Å². The molecule has 1 atom stereocenters. The summed E-state index contributed by atoms with van der Waals surface area (Å²) in [7, 11) is 0. The zero-order chi connectivity index (χ0) is 14.6. The molecule has 0 unspecified atom stereocenters. The van der Waals surface area contributed by atoms with Gasteiger partial charge in [-0.25, -0.2) is 0 Å². The molecule has 1 aromatic rings. The lowest BCUT2D eigenvalue weighted by atomic mass is 10.0. The second-order valence-corrected chi connectivity index (χ2v) is 4.83.